The molecule has 1 heterocycles. The Kier molecular flexibility index (Phi) is 3.46. The summed E-state index contributed by atoms with van der Waals surface area (Å²) in [6, 6.07) is 8.09. The zero-order chi connectivity index (χ0) is 12.3. The van der Waals surface area contributed by atoms with Crippen molar-refractivity contribution in [3.63, 3.8) is 0 Å². The molecule has 0 spiro atoms. The summed E-state index contributed by atoms with van der Waals surface area (Å²) in [5.74, 6) is 7.06. The minimum Gasteiger partial charge on any atom is -0.327 e. The predicted molar refractivity (Wildman–Crippen MR) is 70.5 cm³/mol. The second-order valence-electron chi connectivity index (χ2n) is 4.05. The van der Waals surface area contributed by atoms with E-state index in [9.17, 15) is 0 Å². The molecule has 0 radical (unpaired) electrons. The Balaban J connectivity index is 2.37. The first-order valence-corrected chi connectivity index (χ1v) is 5.90. The van der Waals surface area contributed by atoms with Gasteiger partial charge in [-0.25, -0.2) is 4.98 Å². The summed E-state index contributed by atoms with van der Waals surface area (Å²) in [5.41, 5.74) is 7.81. The second kappa shape index (κ2) is 5.03. The topological polar surface area (TPSA) is 43.8 Å². The first-order chi connectivity index (χ1) is 8.22. The van der Waals surface area contributed by atoms with Crippen LogP contribution in [0.5, 0.6) is 0 Å². The predicted octanol–water partition coefficient (Wildman–Crippen LogP) is 1.95. The minimum absolute atomic E-state index is 0.0746. The van der Waals surface area contributed by atoms with Gasteiger partial charge >= 0.3 is 0 Å². The van der Waals surface area contributed by atoms with Crippen LogP contribution >= 0.6 is 0 Å². The van der Waals surface area contributed by atoms with Crippen molar-refractivity contribution in [2.24, 2.45) is 5.73 Å². The summed E-state index contributed by atoms with van der Waals surface area (Å²) >= 11 is 0. The average Bonchev–Trinajstić information content (AvgIpc) is 2.66. The van der Waals surface area contributed by atoms with E-state index in [1.165, 1.54) is 5.52 Å². The molecule has 0 amide bonds. The quantitative estimate of drug-likeness (QED) is 0.797. The molecule has 3 heteroatoms. The summed E-state index contributed by atoms with van der Waals surface area (Å²) in [6.45, 7) is 4.92. The second-order valence-corrected chi connectivity index (χ2v) is 4.05. The lowest BCUT2D eigenvalue weighted by molar-refractivity contribution is 0.740. The molecule has 0 saturated carbocycles. The van der Waals surface area contributed by atoms with Crippen LogP contribution in [0.2, 0.25) is 0 Å². The number of benzene rings is 1. The third-order valence-electron chi connectivity index (χ3n) is 2.63. The van der Waals surface area contributed by atoms with Gasteiger partial charge in [0.1, 0.15) is 5.82 Å². The van der Waals surface area contributed by atoms with Gasteiger partial charge in [-0.3, -0.25) is 0 Å². The Morgan fingerprint density at radius 3 is 2.88 bits per heavy atom. The van der Waals surface area contributed by atoms with Crippen molar-refractivity contribution in [2.45, 2.75) is 32.9 Å². The van der Waals surface area contributed by atoms with E-state index in [0.717, 1.165) is 17.9 Å². The van der Waals surface area contributed by atoms with Gasteiger partial charge in [-0.2, -0.15) is 0 Å². The van der Waals surface area contributed by atoms with Gasteiger partial charge in [-0.1, -0.05) is 24.0 Å². The maximum absolute atomic E-state index is 5.60. The molecular weight excluding hydrogens is 210 g/mol. The molecule has 0 bridgehead atoms. The molecule has 2 rings (SSSR count). The zero-order valence-corrected chi connectivity index (χ0v) is 10.3. The lowest BCUT2D eigenvalue weighted by Gasteiger charge is -2.02. The normalized spacial score (nSPS) is 12.2. The minimum atomic E-state index is -0.0746. The highest BCUT2D eigenvalue weighted by Crippen LogP contribution is 2.15. The highest BCUT2D eigenvalue weighted by molar-refractivity contribution is 5.75. The van der Waals surface area contributed by atoms with Crippen molar-refractivity contribution >= 4 is 11.0 Å². The Morgan fingerprint density at radius 2 is 2.18 bits per heavy atom. The van der Waals surface area contributed by atoms with Crippen LogP contribution in [0.25, 0.3) is 11.0 Å². The molecule has 0 aliphatic carbocycles. The van der Waals surface area contributed by atoms with Gasteiger partial charge < -0.3 is 10.3 Å². The van der Waals surface area contributed by atoms with Crippen molar-refractivity contribution in [3.05, 3.63) is 30.1 Å². The molecule has 1 atom stereocenters. The van der Waals surface area contributed by atoms with Crippen LogP contribution in [-0.4, -0.2) is 15.6 Å². The highest BCUT2D eigenvalue weighted by atomic mass is 15.1. The Morgan fingerprint density at radius 1 is 1.41 bits per heavy atom. The molecule has 1 unspecified atom stereocenters. The number of para-hydroxylation sites is 2. The van der Waals surface area contributed by atoms with E-state index < -0.39 is 0 Å². The summed E-state index contributed by atoms with van der Waals surface area (Å²) in [7, 11) is 0. The molecule has 1 aromatic heterocycles. The van der Waals surface area contributed by atoms with Gasteiger partial charge in [-0.15, -0.1) is 0 Å². The number of nitrogens with zero attached hydrogens (tertiary/aromatic N) is 2. The largest absolute Gasteiger partial charge is 0.327 e. The van der Waals surface area contributed by atoms with E-state index in [2.05, 4.69) is 34.4 Å². The SMILES string of the molecule is CCn1c(CC#CC(C)N)nc2ccccc21. The molecule has 0 aliphatic rings. The molecule has 2 N–H and O–H groups in total. The fraction of sp³-hybridized carbons (Fsp3) is 0.357. The van der Waals surface area contributed by atoms with E-state index in [0.29, 0.717) is 6.42 Å². The number of aromatic nitrogens is 2. The summed E-state index contributed by atoms with van der Waals surface area (Å²) < 4.78 is 2.20. The van der Waals surface area contributed by atoms with Gasteiger partial charge in [0.05, 0.1) is 23.5 Å². The van der Waals surface area contributed by atoms with Crippen molar-refractivity contribution < 1.29 is 0 Å². The average molecular weight is 227 g/mol. The molecule has 0 aliphatic heterocycles. The maximum Gasteiger partial charge on any atom is 0.121 e. The Hall–Kier alpha value is -1.79. The molecule has 2 aromatic rings. The van der Waals surface area contributed by atoms with E-state index >= 15 is 0 Å². The van der Waals surface area contributed by atoms with Crippen molar-refractivity contribution in [2.75, 3.05) is 0 Å². The lowest BCUT2D eigenvalue weighted by atomic mass is 10.3. The fourth-order valence-electron chi connectivity index (χ4n) is 1.90. The number of rotatable bonds is 2. The first-order valence-electron chi connectivity index (χ1n) is 5.90. The van der Waals surface area contributed by atoms with Crippen molar-refractivity contribution in [3.8, 4) is 11.8 Å². The zero-order valence-electron chi connectivity index (χ0n) is 10.3. The Labute approximate surface area is 102 Å². The Bertz CT molecular complexity index is 570. The van der Waals surface area contributed by atoms with Crippen LogP contribution in [0.4, 0.5) is 0 Å². The van der Waals surface area contributed by atoms with E-state index in [1.54, 1.807) is 0 Å². The molecule has 0 fully saturated rings. The third-order valence-corrected chi connectivity index (χ3v) is 2.63. The smallest absolute Gasteiger partial charge is 0.121 e. The molecule has 17 heavy (non-hydrogen) atoms. The molecule has 3 nitrogen and oxygen atoms in total. The summed E-state index contributed by atoms with van der Waals surface area (Å²) in [6.07, 6.45) is 0.657. The van der Waals surface area contributed by atoms with Crippen LogP contribution in [0.15, 0.2) is 24.3 Å². The molecular formula is C14H17N3. The lowest BCUT2D eigenvalue weighted by Crippen LogP contribution is -2.11. The van der Waals surface area contributed by atoms with Crippen LogP contribution in [0, 0.1) is 11.8 Å². The van der Waals surface area contributed by atoms with Crippen LogP contribution in [0.1, 0.15) is 19.7 Å². The summed E-state index contributed by atoms with van der Waals surface area (Å²) in [5, 5.41) is 0. The maximum atomic E-state index is 5.60. The van der Waals surface area contributed by atoms with E-state index in [-0.39, 0.29) is 6.04 Å². The number of nitrogens with two attached hydrogens (primary N) is 1. The van der Waals surface area contributed by atoms with Gasteiger partial charge in [0, 0.05) is 6.54 Å². The first kappa shape index (κ1) is 11.7. The highest BCUT2D eigenvalue weighted by Gasteiger charge is 2.06. The summed E-state index contributed by atoms with van der Waals surface area (Å²) in [4.78, 5) is 4.60. The van der Waals surface area contributed by atoms with Crippen molar-refractivity contribution in [1.82, 2.24) is 9.55 Å². The molecule has 1 aromatic carbocycles. The number of imidazole rings is 1. The van der Waals surface area contributed by atoms with E-state index in [1.807, 2.05) is 25.1 Å². The van der Waals surface area contributed by atoms with Gasteiger partial charge in [-0.05, 0) is 26.0 Å². The van der Waals surface area contributed by atoms with Crippen molar-refractivity contribution in [1.29, 1.82) is 0 Å². The van der Waals surface area contributed by atoms with Crippen LogP contribution < -0.4 is 5.73 Å². The van der Waals surface area contributed by atoms with Crippen LogP contribution in [-0.2, 0) is 13.0 Å². The number of aryl methyl sites for hydroxylation is 1. The van der Waals surface area contributed by atoms with Crippen LogP contribution in [0.3, 0.4) is 0 Å². The van der Waals surface area contributed by atoms with Gasteiger partial charge in [0.2, 0.25) is 0 Å². The third kappa shape index (κ3) is 2.48. The molecule has 0 saturated heterocycles. The van der Waals surface area contributed by atoms with Gasteiger partial charge in [0.15, 0.2) is 0 Å². The molecule has 88 valence electrons. The number of fused-ring (bicyclic) bond motifs is 1. The van der Waals surface area contributed by atoms with E-state index in [4.69, 9.17) is 5.73 Å². The number of hydrogen-bond acceptors (Lipinski definition) is 2. The van der Waals surface area contributed by atoms with Gasteiger partial charge in [0.25, 0.3) is 0 Å². The number of hydrogen-bond donors (Lipinski definition) is 1. The fourth-order valence-corrected chi connectivity index (χ4v) is 1.90. The standard InChI is InChI=1S/C14H17N3/c1-3-17-13-9-5-4-8-12(13)16-14(17)10-6-7-11(2)15/h4-5,8-9,11H,3,10,15H2,1-2H3. The monoisotopic (exact) mass is 227 g/mol.